The molecule has 0 radical (unpaired) electrons. The van der Waals surface area contributed by atoms with Crippen LogP contribution >= 0.6 is 0 Å². The lowest BCUT2D eigenvalue weighted by Crippen LogP contribution is -2.12. The molecule has 0 aliphatic rings. The minimum absolute atomic E-state index is 0.163. The van der Waals surface area contributed by atoms with Crippen LogP contribution in [0.3, 0.4) is 0 Å². The van der Waals surface area contributed by atoms with E-state index in [1.165, 1.54) is 19.2 Å². The van der Waals surface area contributed by atoms with Gasteiger partial charge in [-0.1, -0.05) is 6.07 Å². The smallest absolute Gasteiger partial charge is 0.373 e. The van der Waals surface area contributed by atoms with Crippen LogP contribution in [0.2, 0.25) is 0 Å². The molecule has 0 bridgehead atoms. The zero-order chi connectivity index (χ0) is 12.1. The summed E-state index contributed by atoms with van der Waals surface area (Å²) in [6.45, 7) is 3.38. The predicted molar refractivity (Wildman–Crippen MR) is 56.7 cm³/mol. The van der Waals surface area contributed by atoms with Crippen LogP contribution in [0.1, 0.15) is 10.4 Å². The molecule has 0 atom stereocenters. The molecule has 0 heterocycles. The van der Waals surface area contributed by atoms with Gasteiger partial charge >= 0.3 is 5.97 Å². The van der Waals surface area contributed by atoms with Gasteiger partial charge in [-0.05, 0) is 24.8 Å². The van der Waals surface area contributed by atoms with Gasteiger partial charge in [-0.25, -0.2) is 4.79 Å². The molecule has 84 valence electrons. The molecule has 0 saturated heterocycles. The van der Waals surface area contributed by atoms with E-state index >= 15 is 0 Å². The zero-order valence-corrected chi connectivity index (χ0v) is 8.73. The molecule has 5 nitrogen and oxygen atoms in total. The fraction of sp³-hybridized carbons (Fsp3) is 0.0909. The number of nitrogens with two attached hydrogens (primary N) is 1. The molecular formula is C11H11NO4. The van der Waals surface area contributed by atoms with Crippen molar-refractivity contribution in [2.45, 2.75) is 0 Å². The molecule has 0 fully saturated rings. The highest BCUT2D eigenvalue weighted by Gasteiger charge is 2.10. The first-order valence-corrected chi connectivity index (χ1v) is 4.39. The zero-order valence-electron chi connectivity index (χ0n) is 8.73. The van der Waals surface area contributed by atoms with Crippen molar-refractivity contribution in [3.63, 3.8) is 0 Å². The number of hydrogen-bond donors (Lipinski definition) is 1. The minimum Gasteiger partial charge on any atom is -0.463 e. The maximum absolute atomic E-state index is 11.0. The molecule has 0 aromatic heterocycles. The van der Waals surface area contributed by atoms with E-state index in [0.717, 1.165) is 0 Å². The van der Waals surface area contributed by atoms with Gasteiger partial charge in [-0.2, -0.15) is 0 Å². The predicted octanol–water partition coefficient (Wildman–Crippen LogP) is 0.851. The van der Waals surface area contributed by atoms with E-state index in [0.29, 0.717) is 5.75 Å². The Morgan fingerprint density at radius 1 is 1.38 bits per heavy atom. The minimum atomic E-state index is -0.676. The summed E-state index contributed by atoms with van der Waals surface area (Å²) >= 11 is 0. The summed E-state index contributed by atoms with van der Waals surface area (Å²) in [5.74, 6) is -1.12. The van der Waals surface area contributed by atoms with Crippen molar-refractivity contribution in [3.8, 4) is 5.75 Å². The summed E-state index contributed by atoms with van der Waals surface area (Å²) in [5.41, 5.74) is 5.38. The van der Waals surface area contributed by atoms with Gasteiger partial charge in [0, 0.05) is 5.56 Å². The first kappa shape index (κ1) is 11.8. The highest BCUT2D eigenvalue weighted by atomic mass is 16.6. The van der Waals surface area contributed by atoms with Gasteiger partial charge < -0.3 is 15.2 Å². The molecule has 1 amide bonds. The highest BCUT2D eigenvalue weighted by Crippen LogP contribution is 2.15. The van der Waals surface area contributed by atoms with Crippen molar-refractivity contribution in [2.24, 2.45) is 5.73 Å². The van der Waals surface area contributed by atoms with Crippen molar-refractivity contribution in [1.82, 2.24) is 0 Å². The van der Waals surface area contributed by atoms with Crippen LogP contribution in [0.4, 0.5) is 0 Å². The number of methoxy groups -OCH3 is 1. The molecule has 16 heavy (non-hydrogen) atoms. The third-order valence-electron chi connectivity index (χ3n) is 1.77. The largest absolute Gasteiger partial charge is 0.463 e. The second kappa shape index (κ2) is 4.97. The molecule has 0 aliphatic carbocycles. The monoisotopic (exact) mass is 221 g/mol. The Morgan fingerprint density at radius 3 is 2.62 bits per heavy atom. The van der Waals surface area contributed by atoms with Crippen LogP contribution in [0.5, 0.6) is 5.75 Å². The SMILES string of the molecule is C=C(Oc1cccc(C(N)=O)c1)C(=O)OC. The lowest BCUT2D eigenvalue weighted by molar-refractivity contribution is -0.138. The van der Waals surface area contributed by atoms with Gasteiger partial charge in [0.05, 0.1) is 7.11 Å². The number of benzene rings is 1. The fourth-order valence-corrected chi connectivity index (χ4v) is 1.01. The van der Waals surface area contributed by atoms with E-state index < -0.39 is 11.9 Å². The lowest BCUT2D eigenvalue weighted by Gasteiger charge is -2.07. The van der Waals surface area contributed by atoms with Crippen LogP contribution in [0, 0.1) is 0 Å². The van der Waals surface area contributed by atoms with Crippen LogP contribution in [0.25, 0.3) is 0 Å². The van der Waals surface area contributed by atoms with Gasteiger partial charge in [0.1, 0.15) is 5.75 Å². The molecule has 1 rings (SSSR count). The van der Waals surface area contributed by atoms with E-state index in [2.05, 4.69) is 11.3 Å². The first-order chi connectivity index (χ1) is 7.54. The van der Waals surface area contributed by atoms with E-state index in [-0.39, 0.29) is 11.3 Å². The number of rotatable bonds is 4. The van der Waals surface area contributed by atoms with Crippen molar-refractivity contribution in [3.05, 3.63) is 42.2 Å². The summed E-state index contributed by atoms with van der Waals surface area (Å²) in [4.78, 5) is 21.9. The average molecular weight is 221 g/mol. The third kappa shape index (κ3) is 2.84. The van der Waals surface area contributed by atoms with Gasteiger partial charge in [-0.15, -0.1) is 0 Å². The fourth-order valence-electron chi connectivity index (χ4n) is 1.01. The van der Waals surface area contributed by atoms with E-state index in [1.54, 1.807) is 12.1 Å². The van der Waals surface area contributed by atoms with Gasteiger partial charge in [0.15, 0.2) is 0 Å². The number of carbonyl (C=O) groups excluding carboxylic acids is 2. The average Bonchev–Trinajstić information content (AvgIpc) is 2.28. The number of carbonyl (C=O) groups is 2. The topological polar surface area (TPSA) is 78.6 Å². The molecule has 1 aromatic rings. The number of ether oxygens (including phenoxy) is 2. The Morgan fingerprint density at radius 2 is 2.06 bits per heavy atom. The van der Waals surface area contributed by atoms with Crippen molar-refractivity contribution >= 4 is 11.9 Å². The molecule has 0 unspecified atom stereocenters. The third-order valence-corrected chi connectivity index (χ3v) is 1.77. The van der Waals surface area contributed by atoms with Crippen LogP contribution in [-0.4, -0.2) is 19.0 Å². The maximum Gasteiger partial charge on any atom is 0.373 e. The molecule has 0 saturated carbocycles. The van der Waals surface area contributed by atoms with Gasteiger partial charge in [-0.3, -0.25) is 4.79 Å². The Kier molecular flexibility index (Phi) is 3.66. The molecule has 1 aromatic carbocycles. The van der Waals surface area contributed by atoms with Crippen LogP contribution in [-0.2, 0) is 9.53 Å². The first-order valence-electron chi connectivity index (χ1n) is 4.39. The van der Waals surface area contributed by atoms with E-state index in [9.17, 15) is 9.59 Å². The van der Waals surface area contributed by atoms with Gasteiger partial charge in [0.2, 0.25) is 11.7 Å². The summed E-state index contributed by atoms with van der Waals surface area (Å²) in [7, 11) is 1.22. The summed E-state index contributed by atoms with van der Waals surface area (Å²) < 4.78 is 9.49. The summed E-state index contributed by atoms with van der Waals surface area (Å²) in [5, 5.41) is 0. The van der Waals surface area contributed by atoms with Crippen molar-refractivity contribution < 1.29 is 19.1 Å². The lowest BCUT2D eigenvalue weighted by atomic mass is 10.2. The Bertz CT molecular complexity index is 439. The van der Waals surface area contributed by atoms with Gasteiger partial charge in [0.25, 0.3) is 0 Å². The second-order valence-corrected chi connectivity index (χ2v) is 2.91. The highest BCUT2D eigenvalue weighted by molar-refractivity contribution is 5.93. The Balaban J connectivity index is 2.82. The molecule has 0 spiro atoms. The summed E-state index contributed by atoms with van der Waals surface area (Å²) in [6.07, 6.45) is 0. The number of hydrogen-bond acceptors (Lipinski definition) is 4. The molecular weight excluding hydrogens is 210 g/mol. The summed E-state index contributed by atoms with van der Waals surface area (Å²) in [6, 6.07) is 6.10. The van der Waals surface area contributed by atoms with Crippen LogP contribution < -0.4 is 10.5 Å². The Labute approximate surface area is 92.5 Å². The second-order valence-electron chi connectivity index (χ2n) is 2.91. The van der Waals surface area contributed by atoms with E-state index in [1.807, 2.05) is 0 Å². The van der Waals surface area contributed by atoms with Crippen molar-refractivity contribution in [2.75, 3.05) is 7.11 Å². The number of amides is 1. The maximum atomic E-state index is 11.0. The number of esters is 1. The molecule has 2 N–H and O–H groups in total. The standard InChI is InChI=1S/C11H11NO4/c1-7(11(14)15-2)16-9-5-3-4-8(6-9)10(12)13/h3-6H,1H2,2H3,(H2,12,13). The molecule has 5 heteroatoms. The van der Waals surface area contributed by atoms with E-state index in [4.69, 9.17) is 10.5 Å². The van der Waals surface area contributed by atoms with Crippen LogP contribution in [0.15, 0.2) is 36.6 Å². The normalized spacial score (nSPS) is 9.31. The molecule has 0 aliphatic heterocycles. The Hall–Kier alpha value is -2.30. The quantitative estimate of drug-likeness (QED) is 0.464. The number of primary amides is 1. The van der Waals surface area contributed by atoms with Crippen molar-refractivity contribution in [1.29, 1.82) is 0 Å².